The van der Waals surface area contributed by atoms with Crippen molar-refractivity contribution >= 4 is 11.8 Å². The van der Waals surface area contributed by atoms with Crippen LogP contribution in [0, 0.1) is 11.7 Å². The van der Waals surface area contributed by atoms with Gasteiger partial charge < -0.3 is 9.80 Å². The molecule has 1 aliphatic heterocycles. The lowest BCUT2D eigenvalue weighted by atomic mass is 10.1. The first-order chi connectivity index (χ1) is 10.6. The molecule has 5 heteroatoms. The van der Waals surface area contributed by atoms with Crippen molar-refractivity contribution in [3.8, 4) is 0 Å². The van der Waals surface area contributed by atoms with Gasteiger partial charge in [0.05, 0.1) is 6.54 Å². The molecule has 2 amide bonds. The Bertz CT molecular complexity index is 629. The van der Waals surface area contributed by atoms with Gasteiger partial charge in [0.1, 0.15) is 5.82 Å². The van der Waals surface area contributed by atoms with Crippen LogP contribution in [0.5, 0.6) is 0 Å². The maximum Gasteiger partial charge on any atom is 0.242 e. The third-order valence-corrected chi connectivity index (χ3v) is 4.94. The predicted octanol–water partition coefficient (Wildman–Crippen LogP) is 1.76. The largest absolute Gasteiger partial charge is 0.336 e. The molecule has 3 aliphatic rings. The summed E-state index contributed by atoms with van der Waals surface area (Å²) >= 11 is 0. The molecule has 1 aromatic rings. The van der Waals surface area contributed by atoms with Crippen LogP contribution in [0.25, 0.3) is 0 Å². The fraction of sp³-hybridized carbons (Fsp3) is 0.529. The van der Waals surface area contributed by atoms with Gasteiger partial charge in [-0.1, -0.05) is 12.1 Å². The van der Waals surface area contributed by atoms with E-state index in [9.17, 15) is 14.0 Å². The fourth-order valence-electron chi connectivity index (χ4n) is 3.45. The minimum atomic E-state index is -0.260. The van der Waals surface area contributed by atoms with E-state index < -0.39 is 0 Å². The van der Waals surface area contributed by atoms with Crippen molar-refractivity contribution in [1.82, 2.24) is 9.80 Å². The Labute approximate surface area is 128 Å². The number of piperazine rings is 1. The lowest BCUT2D eigenvalue weighted by molar-refractivity contribution is -0.146. The van der Waals surface area contributed by atoms with E-state index in [1.165, 1.54) is 12.1 Å². The number of nitrogens with zero attached hydrogens (tertiary/aromatic N) is 2. The molecule has 0 N–H and O–H groups in total. The molecular weight excluding hydrogens is 283 g/mol. The second-order valence-corrected chi connectivity index (χ2v) is 6.58. The highest BCUT2D eigenvalue weighted by molar-refractivity contribution is 5.89. The summed E-state index contributed by atoms with van der Waals surface area (Å²) in [4.78, 5) is 28.2. The summed E-state index contributed by atoms with van der Waals surface area (Å²) in [5, 5.41) is 0. The molecule has 116 valence electrons. The molecule has 0 spiro atoms. The summed E-state index contributed by atoms with van der Waals surface area (Å²) in [6, 6.07) is 6.90. The molecule has 3 fully saturated rings. The Balaban J connectivity index is 1.38. The number of carbonyl (C=O) groups excluding carboxylic acids is 2. The van der Waals surface area contributed by atoms with Crippen molar-refractivity contribution in [1.29, 1.82) is 0 Å². The molecule has 22 heavy (non-hydrogen) atoms. The standard InChI is InChI=1S/C17H19FN2O2/c18-12-3-1-2-11(8-12)14-9-15(14)17(22)19-6-7-20(13-4-5-13)16(21)10-19/h1-3,8,13-15H,4-7,9-10H2/t14-,15+/m0/s1. The molecule has 0 radical (unpaired) electrons. The number of hydrogen-bond acceptors (Lipinski definition) is 2. The third kappa shape index (κ3) is 2.49. The van der Waals surface area contributed by atoms with E-state index in [2.05, 4.69) is 0 Å². The van der Waals surface area contributed by atoms with Gasteiger partial charge in [-0.2, -0.15) is 0 Å². The van der Waals surface area contributed by atoms with Crippen LogP contribution in [0.4, 0.5) is 4.39 Å². The van der Waals surface area contributed by atoms with E-state index in [-0.39, 0.29) is 36.0 Å². The van der Waals surface area contributed by atoms with Crippen molar-refractivity contribution in [2.45, 2.75) is 31.2 Å². The van der Waals surface area contributed by atoms with Gasteiger partial charge in [-0.25, -0.2) is 4.39 Å². The highest BCUT2D eigenvalue weighted by Gasteiger charge is 2.47. The quantitative estimate of drug-likeness (QED) is 0.854. The van der Waals surface area contributed by atoms with Crippen LogP contribution in [0.1, 0.15) is 30.7 Å². The zero-order valence-electron chi connectivity index (χ0n) is 12.4. The minimum Gasteiger partial charge on any atom is -0.336 e. The molecule has 4 nitrogen and oxygen atoms in total. The summed E-state index contributed by atoms with van der Waals surface area (Å²) in [5.41, 5.74) is 0.890. The van der Waals surface area contributed by atoms with Crippen molar-refractivity contribution in [2.24, 2.45) is 5.92 Å². The first kappa shape index (κ1) is 13.7. The van der Waals surface area contributed by atoms with Gasteiger partial charge in [-0.15, -0.1) is 0 Å². The molecule has 1 heterocycles. The predicted molar refractivity (Wildman–Crippen MR) is 78.6 cm³/mol. The molecule has 0 unspecified atom stereocenters. The number of carbonyl (C=O) groups is 2. The Morgan fingerprint density at radius 1 is 1.23 bits per heavy atom. The average Bonchev–Trinajstić information content (AvgIpc) is 3.38. The van der Waals surface area contributed by atoms with Crippen molar-refractivity contribution < 1.29 is 14.0 Å². The van der Waals surface area contributed by atoms with Crippen molar-refractivity contribution in [2.75, 3.05) is 19.6 Å². The minimum absolute atomic E-state index is 0.0538. The van der Waals surface area contributed by atoms with Crippen LogP contribution < -0.4 is 0 Å². The number of hydrogen-bond donors (Lipinski definition) is 0. The highest BCUT2D eigenvalue weighted by atomic mass is 19.1. The maximum absolute atomic E-state index is 13.3. The zero-order valence-corrected chi connectivity index (χ0v) is 12.4. The molecule has 1 aromatic carbocycles. The number of amides is 2. The van der Waals surface area contributed by atoms with Gasteiger partial charge in [0.15, 0.2) is 0 Å². The second kappa shape index (κ2) is 5.07. The van der Waals surface area contributed by atoms with Gasteiger partial charge in [-0.05, 0) is 42.9 Å². The second-order valence-electron chi connectivity index (χ2n) is 6.58. The van der Waals surface area contributed by atoms with Gasteiger partial charge in [0.25, 0.3) is 0 Å². The SMILES string of the molecule is O=C([C@@H]1C[C@H]1c1cccc(F)c1)N1CCN(C2CC2)C(=O)C1. The van der Waals surface area contributed by atoms with Crippen LogP contribution >= 0.6 is 0 Å². The van der Waals surface area contributed by atoms with Crippen LogP contribution in [0.2, 0.25) is 0 Å². The molecular formula is C17H19FN2O2. The molecule has 2 saturated carbocycles. The van der Waals surface area contributed by atoms with E-state index >= 15 is 0 Å². The Morgan fingerprint density at radius 2 is 2.05 bits per heavy atom. The van der Waals surface area contributed by atoms with Crippen molar-refractivity contribution in [3.63, 3.8) is 0 Å². The number of halogens is 1. The van der Waals surface area contributed by atoms with E-state index in [0.717, 1.165) is 24.8 Å². The van der Waals surface area contributed by atoms with Crippen LogP contribution in [0.15, 0.2) is 24.3 Å². The van der Waals surface area contributed by atoms with Gasteiger partial charge in [0, 0.05) is 25.0 Å². The lowest BCUT2D eigenvalue weighted by Gasteiger charge is -2.34. The maximum atomic E-state index is 13.3. The number of benzene rings is 1. The highest BCUT2D eigenvalue weighted by Crippen LogP contribution is 2.48. The van der Waals surface area contributed by atoms with E-state index in [1.807, 2.05) is 11.0 Å². The van der Waals surface area contributed by atoms with Crippen LogP contribution in [-0.4, -0.2) is 47.3 Å². The van der Waals surface area contributed by atoms with E-state index in [0.29, 0.717) is 19.1 Å². The summed E-state index contributed by atoms with van der Waals surface area (Å²) < 4.78 is 13.3. The topological polar surface area (TPSA) is 40.6 Å². The molecule has 1 saturated heterocycles. The summed E-state index contributed by atoms with van der Waals surface area (Å²) in [6.07, 6.45) is 2.97. The van der Waals surface area contributed by atoms with Crippen LogP contribution in [-0.2, 0) is 9.59 Å². The summed E-state index contributed by atoms with van der Waals surface area (Å²) in [6.45, 7) is 1.50. The fourth-order valence-corrected chi connectivity index (χ4v) is 3.45. The normalized spacial score (nSPS) is 28.0. The zero-order chi connectivity index (χ0) is 15.3. The number of rotatable bonds is 3. The van der Waals surface area contributed by atoms with E-state index in [4.69, 9.17) is 0 Å². The van der Waals surface area contributed by atoms with E-state index in [1.54, 1.807) is 11.0 Å². The lowest BCUT2D eigenvalue weighted by Crippen LogP contribution is -2.53. The molecule has 0 bridgehead atoms. The van der Waals surface area contributed by atoms with Crippen molar-refractivity contribution in [3.05, 3.63) is 35.6 Å². The van der Waals surface area contributed by atoms with Gasteiger partial charge in [0.2, 0.25) is 11.8 Å². The molecule has 2 aliphatic carbocycles. The smallest absolute Gasteiger partial charge is 0.242 e. The summed E-state index contributed by atoms with van der Waals surface area (Å²) in [5.74, 6) is -0.103. The Morgan fingerprint density at radius 3 is 2.73 bits per heavy atom. The monoisotopic (exact) mass is 302 g/mol. The van der Waals surface area contributed by atoms with Gasteiger partial charge >= 0.3 is 0 Å². The van der Waals surface area contributed by atoms with Gasteiger partial charge in [-0.3, -0.25) is 9.59 Å². The average molecular weight is 302 g/mol. The Hall–Kier alpha value is -1.91. The van der Waals surface area contributed by atoms with Crippen LogP contribution in [0.3, 0.4) is 0 Å². The first-order valence-electron chi connectivity index (χ1n) is 7.97. The first-order valence-corrected chi connectivity index (χ1v) is 7.97. The molecule has 0 aromatic heterocycles. The third-order valence-electron chi connectivity index (χ3n) is 4.94. The Kier molecular flexibility index (Phi) is 3.17. The molecule has 4 rings (SSSR count). The summed E-state index contributed by atoms with van der Waals surface area (Å²) in [7, 11) is 0. The molecule has 2 atom stereocenters.